The lowest BCUT2D eigenvalue weighted by molar-refractivity contribution is -0.123. The van der Waals surface area contributed by atoms with Gasteiger partial charge in [0.2, 0.25) is 5.91 Å². The number of unbranched alkanes of at least 4 members (excludes halogenated alkanes) is 1. The van der Waals surface area contributed by atoms with Crippen molar-refractivity contribution in [2.45, 2.75) is 39.7 Å². The third kappa shape index (κ3) is 8.28. The molecule has 0 saturated carbocycles. The Balaban J connectivity index is 1.35. The van der Waals surface area contributed by atoms with Gasteiger partial charge in [-0.25, -0.2) is 0 Å². The maximum Gasteiger partial charge on any atom is 0.251 e. The molecule has 1 unspecified atom stereocenters. The minimum atomic E-state index is -0.569. The molecule has 7 heteroatoms. The molecule has 1 fully saturated rings. The van der Waals surface area contributed by atoms with Crippen LogP contribution < -0.4 is 20.3 Å². The van der Waals surface area contributed by atoms with Crippen LogP contribution in [0, 0.1) is 5.92 Å². The molecule has 1 saturated heterocycles. The molecule has 1 atom stereocenters. The highest BCUT2D eigenvalue weighted by Gasteiger charge is 2.24. The number of nitrogens with zero attached hydrogens (tertiary/aromatic N) is 2. The van der Waals surface area contributed by atoms with Crippen LogP contribution in [0.25, 0.3) is 0 Å². The first-order valence-electron chi connectivity index (χ1n) is 12.8. The third-order valence-electron chi connectivity index (χ3n) is 6.36. The molecule has 0 aromatic heterocycles. The van der Waals surface area contributed by atoms with Gasteiger partial charge in [0.1, 0.15) is 11.8 Å². The molecule has 190 valence electrons. The lowest BCUT2D eigenvalue weighted by Gasteiger charge is -2.36. The maximum absolute atomic E-state index is 12.8. The van der Waals surface area contributed by atoms with Gasteiger partial charge in [-0.3, -0.25) is 14.5 Å². The predicted octanol–water partition coefficient (Wildman–Crippen LogP) is 3.56. The Morgan fingerprint density at radius 3 is 2.26 bits per heavy atom. The van der Waals surface area contributed by atoms with Gasteiger partial charge in [0, 0.05) is 44.0 Å². The van der Waals surface area contributed by atoms with Gasteiger partial charge in [-0.2, -0.15) is 0 Å². The average Bonchev–Trinajstić information content (AvgIpc) is 2.88. The molecule has 1 heterocycles. The van der Waals surface area contributed by atoms with Gasteiger partial charge in [-0.05, 0) is 68.6 Å². The number of hydrogen-bond acceptors (Lipinski definition) is 5. The van der Waals surface area contributed by atoms with E-state index >= 15 is 0 Å². The SMILES string of the molecule is CCOc1ccc(C(=O)NC(C(=O)NCCCCN2CCN(c3ccccc3)CC2)C(C)C)cc1. The molecule has 3 rings (SSSR count). The Kier molecular flexibility index (Phi) is 10.4. The van der Waals surface area contributed by atoms with Crippen LogP contribution in [0.3, 0.4) is 0 Å². The van der Waals surface area contributed by atoms with E-state index in [1.807, 2.05) is 20.8 Å². The van der Waals surface area contributed by atoms with Crippen LogP contribution in [0.5, 0.6) is 5.75 Å². The first kappa shape index (κ1) is 26.5. The first-order chi connectivity index (χ1) is 17.0. The van der Waals surface area contributed by atoms with Crippen LogP contribution in [-0.4, -0.2) is 68.6 Å². The van der Waals surface area contributed by atoms with E-state index in [1.165, 1.54) is 5.69 Å². The number of amides is 2. The van der Waals surface area contributed by atoms with Crippen LogP contribution in [-0.2, 0) is 4.79 Å². The zero-order valence-corrected chi connectivity index (χ0v) is 21.3. The third-order valence-corrected chi connectivity index (χ3v) is 6.36. The lowest BCUT2D eigenvalue weighted by atomic mass is 10.0. The predicted molar refractivity (Wildman–Crippen MR) is 141 cm³/mol. The van der Waals surface area contributed by atoms with Crippen LogP contribution in [0.4, 0.5) is 5.69 Å². The number of hydrogen-bond donors (Lipinski definition) is 2. The summed E-state index contributed by atoms with van der Waals surface area (Å²) in [6, 6.07) is 17.0. The summed E-state index contributed by atoms with van der Waals surface area (Å²) in [7, 11) is 0. The van der Waals surface area contributed by atoms with Gasteiger partial charge >= 0.3 is 0 Å². The van der Waals surface area contributed by atoms with Gasteiger partial charge in [0.25, 0.3) is 5.91 Å². The molecule has 1 aliphatic heterocycles. The van der Waals surface area contributed by atoms with Crippen molar-refractivity contribution in [1.82, 2.24) is 15.5 Å². The van der Waals surface area contributed by atoms with Crippen molar-refractivity contribution in [3.8, 4) is 5.75 Å². The fraction of sp³-hybridized carbons (Fsp3) is 0.500. The number of carbonyl (C=O) groups is 2. The van der Waals surface area contributed by atoms with E-state index in [0.29, 0.717) is 18.7 Å². The quantitative estimate of drug-likeness (QED) is 0.455. The maximum atomic E-state index is 12.8. The lowest BCUT2D eigenvalue weighted by Crippen LogP contribution is -2.50. The number of ether oxygens (including phenoxy) is 1. The van der Waals surface area contributed by atoms with Crippen molar-refractivity contribution in [1.29, 1.82) is 0 Å². The highest BCUT2D eigenvalue weighted by Crippen LogP contribution is 2.16. The minimum absolute atomic E-state index is 0.0115. The molecule has 0 radical (unpaired) electrons. The number of rotatable bonds is 12. The number of piperazine rings is 1. The summed E-state index contributed by atoms with van der Waals surface area (Å²) in [6.45, 7) is 12.3. The van der Waals surface area contributed by atoms with Crippen molar-refractivity contribution >= 4 is 17.5 Å². The summed E-state index contributed by atoms with van der Waals surface area (Å²) in [5, 5.41) is 5.90. The summed E-state index contributed by atoms with van der Waals surface area (Å²) < 4.78 is 5.42. The molecule has 2 amide bonds. The summed E-state index contributed by atoms with van der Waals surface area (Å²) in [4.78, 5) is 30.4. The van der Waals surface area contributed by atoms with Crippen molar-refractivity contribution in [2.75, 3.05) is 50.8 Å². The van der Waals surface area contributed by atoms with Gasteiger partial charge in [0.15, 0.2) is 0 Å². The van der Waals surface area contributed by atoms with Crippen molar-refractivity contribution < 1.29 is 14.3 Å². The fourth-order valence-electron chi connectivity index (χ4n) is 4.28. The molecule has 0 bridgehead atoms. The Morgan fingerprint density at radius 1 is 0.943 bits per heavy atom. The van der Waals surface area contributed by atoms with E-state index in [-0.39, 0.29) is 17.7 Å². The monoisotopic (exact) mass is 480 g/mol. The molecular weight excluding hydrogens is 440 g/mol. The van der Waals surface area contributed by atoms with E-state index in [4.69, 9.17) is 4.74 Å². The first-order valence-corrected chi connectivity index (χ1v) is 12.8. The average molecular weight is 481 g/mol. The smallest absolute Gasteiger partial charge is 0.251 e. The molecule has 2 aromatic rings. The van der Waals surface area contributed by atoms with Crippen LogP contribution >= 0.6 is 0 Å². The summed E-state index contributed by atoms with van der Waals surface area (Å²) in [5.41, 5.74) is 1.81. The van der Waals surface area contributed by atoms with Gasteiger partial charge < -0.3 is 20.3 Å². The highest BCUT2D eigenvalue weighted by molar-refractivity contribution is 5.97. The van der Waals surface area contributed by atoms with Crippen LogP contribution in [0.2, 0.25) is 0 Å². The second-order valence-electron chi connectivity index (χ2n) is 9.31. The van der Waals surface area contributed by atoms with Crippen molar-refractivity contribution in [3.63, 3.8) is 0 Å². The van der Waals surface area contributed by atoms with E-state index in [1.54, 1.807) is 24.3 Å². The second kappa shape index (κ2) is 13.7. The Labute approximate surface area is 209 Å². The van der Waals surface area contributed by atoms with Crippen molar-refractivity contribution in [2.24, 2.45) is 5.92 Å². The number of para-hydroxylation sites is 1. The number of benzene rings is 2. The van der Waals surface area contributed by atoms with E-state index < -0.39 is 6.04 Å². The van der Waals surface area contributed by atoms with Gasteiger partial charge in [-0.15, -0.1) is 0 Å². The van der Waals surface area contributed by atoms with Crippen molar-refractivity contribution in [3.05, 3.63) is 60.2 Å². The van der Waals surface area contributed by atoms with Gasteiger partial charge in [-0.1, -0.05) is 32.0 Å². The Morgan fingerprint density at radius 2 is 1.63 bits per heavy atom. The molecule has 1 aliphatic rings. The largest absolute Gasteiger partial charge is 0.494 e. The number of anilines is 1. The number of carbonyl (C=O) groups excluding carboxylic acids is 2. The molecule has 0 spiro atoms. The standard InChI is InChI=1S/C28H40N4O3/c1-4-35-25-14-12-23(13-15-25)27(33)30-26(22(2)3)28(34)29-16-8-9-17-31-18-20-32(21-19-31)24-10-6-5-7-11-24/h5-7,10-15,22,26H,4,8-9,16-21H2,1-3H3,(H,29,34)(H,30,33). The Hall–Kier alpha value is -3.06. The molecule has 2 aromatic carbocycles. The van der Waals surface area contributed by atoms with E-state index in [2.05, 4.69) is 50.8 Å². The number of nitrogens with one attached hydrogen (secondary N) is 2. The highest BCUT2D eigenvalue weighted by atomic mass is 16.5. The van der Waals surface area contributed by atoms with Crippen LogP contribution in [0.15, 0.2) is 54.6 Å². The Bertz CT molecular complexity index is 910. The zero-order valence-electron chi connectivity index (χ0n) is 21.3. The van der Waals surface area contributed by atoms with Crippen LogP contribution in [0.1, 0.15) is 44.0 Å². The molecule has 7 nitrogen and oxygen atoms in total. The topological polar surface area (TPSA) is 73.9 Å². The van der Waals surface area contributed by atoms with E-state index in [9.17, 15) is 9.59 Å². The molecule has 35 heavy (non-hydrogen) atoms. The van der Waals surface area contributed by atoms with E-state index in [0.717, 1.165) is 51.3 Å². The summed E-state index contributed by atoms with van der Waals surface area (Å²) in [6.07, 6.45) is 1.96. The summed E-state index contributed by atoms with van der Waals surface area (Å²) >= 11 is 0. The molecular formula is C28H40N4O3. The molecule has 0 aliphatic carbocycles. The molecule has 2 N–H and O–H groups in total. The zero-order chi connectivity index (χ0) is 25.0. The normalized spacial score (nSPS) is 15.0. The second-order valence-corrected chi connectivity index (χ2v) is 9.31. The van der Waals surface area contributed by atoms with Gasteiger partial charge in [0.05, 0.1) is 6.61 Å². The fourth-order valence-corrected chi connectivity index (χ4v) is 4.28. The summed E-state index contributed by atoms with van der Waals surface area (Å²) in [5.74, 6) is 0.329. The minimum Gasteiger partial charge on any atom is -0.494 e.